The summed E-state index contributed by atoms with van der Waals surface area (Å²) in [6, 6.07) is 9.35. The second-order valence-corrected chi connectivity index (χ2v) is 6.94. The molecule has 4 atom stereocenters. The fourth-order valence-corrected chi connectivity index (χ4v) is 4.07. The highest BCUT2D eigenvalue weighted by molar-refractivity contribution is 7.85. The van der Waals surface area contributed by atoms with Crippen molar-refractivity contribution < 1.29 is 4.21 Å². The first kappa shape index (κ1) is 13.8. The molecule has 0 radical (unpaired) electrons. The van der Waals surface area contributed by atoms with Crippen LogP contribution in [0.2, 0.25) is 0 Å². The Morgan fingerprint density at radius 3 is 2.50 bits per heavy atom. The van der Waals surface area contributed by atoms with Gasteiger partial charge in [-0.3, -0.25) is 4.21 Å². The van der Waals surface area contributed by atoms with Crippen molar-refractivity contribution in [2.75, 3.05) is 5.75 Å². The molecule has 1 aromatic rings. The molecule has 0 amide bonds. The monoisotopic (exact) mass is 265 g/mol. The van der Waals surface area contributed by atoms with Crippen molar-refractivity contribution in [2.24, 2.45) is 0 Å². The lowest BCUT2D eigenvalue weighted by molar-refractivity contribution is 0.421. The lowest BCUT2D eigenvalue weighted by atomic mass is 10.00. The Balaban J connectivity index is 2.20. The molecule has 1 saturated heterocycles. The zero-order valence-electron chi connectivity index (χ0n) is 11.5. The SMILES string of the molecule is CCc1ccc(C2NC(CC)CS(=O)C2C)cc1. The van der Waals surface area contributed by atoms with Crippen LogP contribution in [0, 0.1) is 0 Å². The molecule has 1 N–H and O–H groups in total. The van der Waals surface area contributed by atoms with Gasteiger partial charge in [0.25, 0.3) is 0 Å². The third kappa shape index (κ3) is 2.83. The molecular weight excluding hydrogens is 242 g/mol. The average Bonchev–Trinajstić information content (AvgIpc) is 2.42. The smallest absolute Gasteiger partial charge is 0.0515 e. The van der Waals surface area contributed by atoms with Crippen LogP contribution >= 0.6 is 0 Å². The maximum Gasteiger partial charge on any atom is 0.0515 e. The molecule has 1 fully saturated rings. The molecule has 0 saturated carbocycles. The summed E-state index contributed by atoms with van der Waals surface area (Å²) in [7, 11) is -0.715. The van der Waals surface area contributed by atoms with E-state index in [1.165, 1.54) is 11.1 Å². The molecule has 1 aliphatic rings. The van der Waals surface area contributed by atoms with Gasteiger partial charge in [-0.15, -0.1) is 0 Å². The molecule has 2 nitrogen and oxygen atoms in total. The standard InChI is InChI=1S/C15H23NOS/c1-4-12-6-8-13(9-7-12)15-11(3)18(17)10-14(5-2)16-15/h6-9,11,14-16H,4-5,10H2,1-3H3. The Labute approximate surface area is 113 Å². The number of hydrogen-bond acceptors (Lipinski definition) is 2. The molecule has 100 valence electrons. The van der Waals surface area contributed by atoms with Crippen molar-refractivity contribution in [3.8, 4) is 0 Å². The molecule has 4 unspecified atom stereocenters. The first-order chi connectivity index (χ1) is 8.65. The lowest BCUT2D eigenvalue weighted by Gasteiger charge is -2.35. The largest absolute Gasteiger partial charge is 0.305 e. The van der Waals surface area contributed by atoms with E-state index in [9.17, 15) is 4.21 Å². The maximum absolute atomic E-state index is 12.1. The van der Waals surface area contributed by atoms with Crippen LogP contribution in [0.1, 0.15) is 44.4 Å². The quantitative estimate of drug-likeness (QED) is 0.910. The number of nitrogens with one attached hydrogen (secondary N) is 1. The summed E-state index contributed by atoms with van der Waals surface area (Å²) in [5.41, 5.74) is 2.63. The second kappa shape index (κ2) is 5.98. The molecule has 1 aromatic carbocycles. The first-order valence-corrected chi connectivity index (χ1v) is 8.26. The van der Waals surface area contributed by atoms with Crippen LogP contribution in [-0.4, -0.2) is 21.3 Å². The number of benzene rings is 1. The van der Waals surface area contributed by atoms with E-state index in [1.807, 2.05) is 0 Å². The second-order valence-electron chi connectivity index (χ2n) is 5.10. The summed E-state index contributed by atoms with van der Waals surface area (Å²) in [5, 5.41) is 3.84. The third-order valence-corrected chi connectivity index (χ3v) is 5.74. The van der Waals surface area contributed by atoms with Gasteiger partial charge in [0.15, 0.2) is 0 Å². The van der Waals surface area contributed by atoms with Gasteiger partial charge >= 0.3 is 0 Å². The third-order valence-electron chi connectivity index (χ3n) is 3.90. The van der Waals surface area contributed by atoms with E-state index in [0.29, 0.717) is 6.04 Å². The van der Waals surface area contributed by atoms with Crippen LogP contribution in [0.15, 0.2) is 24.3 Å². The van der Waals surface area contributed by atoms with E-state index in [4.69, 9.17) is 0 Å². The Bertz CT molecular complexity index is 415. The number of aryl methyl sites for hydroxylation is 1. The van der Waals surface area contributed by atoms with Crippen LogP contribution in [0.3, 0.4) is 0 Å². The summed E-state index contributed by atoms with van der Waals surface area (Å²) in [6.45, 7) is 6.41. The first-order valence-electron chi connectivity index (χ1n) is 6.87. The van der Waals surface area contributed by atoms with Gasteiger partial charge in [-0.05, 0) is 30.9 Å². The highest BCUT2D eigenvalue weighted by atomic mass is 32.2. The van der Waals surface area contributed by atoms with Crippen LogP contribution in [0.4, 0.5) is 0 Å². The van der Waals surface area contributed by atoms with Crippen molar-refractivity contribution in [3.63, 3.8) is 0 Å². The fourth-order valence-electron chi connectivity index (χ4n) is 2.50. The minimum Gasteiger partial charge on any atom is -0.305 e. The van der Waals surface area contributed by atoms with E-state index in [1.54, 1.807) is 0 Å². The molecule has 1 heterocycles. The van der Waals surface area contributed by atoms with Gasteiger partial charge in [0.1, 0.15) is 0 Å². The highest BCUT2D eigenvalue weighted by Gasteiger charge is 2.32. The van der Waals surface area contributed by atoms with Gasteiger partial charge in [-0.25, -0.2) is 0 Å². The molecule has 0 aliphatic carbocycles. The Morgan fingerprint density at radius 2 is 1.94 bits per heavy atom. The van der Waals surface area contributed by atoms with Gasteiger partial charge in [0.2, 0.25) is 0 Å². The molecule has 2 rings (SSSR count). The van der Waals surface area contributed by atoms with Crippen molar-refractivity contribution in [1.82, 2.24) is 5.32 Å². The van der Waals surface area contributed by atoms with E-state index in [-0.39, 0.29) is 11.3 Å². The highest BCUT2D eigenvalue weighted by Crippen LogP contribution is 2.26. The topological polar surface area (TPSA) is 29.1 Å². The molecule has 0 aromatic heterocycles. The molecule has 18 heavy (non-hydrogen) atoms. The van der Waals surface area contributed by atoms with E-state index >= 15 is 0 Å². The van der Waals surface area contributed by atoms with Crippen molar-refractivity contribution in [2.45, 2.75) is 50.9 Å². The predicted octanol–water partition coefficient (Wildman–Crippen LogP) is 2.81. The van der Waals surface area contributed by atoms with E-state index < -0.39 is 10.8 Å². The van der Waals surface area contributed by atoms with Crippen molar-refractivity contribution in [1.29, 1.82) is 0 Å². The normalized spacial score (nSPS) is 32.4. The summed E-state index contributed by atoms with van der Waals surface area (Å²) in [5.74, 6) is 0.793. The van der Waals surface area contributed by atoms with Gasteiger partial charge in [0.05, 0.1) is 5.25 Å². The summed E-state index contributed by atoms with van der Waals surface area (Å²) in [6.07, 6.45) is 2.11. The van der Waals surface area contributed by atoms with Crippen molar-refractivity contribution >= 4 is 10.8 Å². The van der Waals surface area contributed by atoms with Crippen LogP contribution in [0.25, 0.3) is 0 Å². The summed E-state index contributed by atoms with van der Waals surface area (Å²) in [4.78, 5) is 0. The summed E-state index contributed by atoms with van der Waals surface area (Å²) < 4.78 is 12.1. The Kier molecular flexibility index (Phi) is 4.57. The minimum absolute atomic E-state index is 0.195. The van der Waals surface area contributed by atoms with E-state index in [0.717, 1.165) is 18.6 Å². The predicted molar refractivity (Wildman–Crippen MR) is 78.2 cm³/mol. The Morgan fingerprint density at radius 1 is 1.28 bits per heavy atom. The van der Waals surface area contributed by atoms with Gasteiger partial charge < -0.3 is 5.32 Å². The van der Waals surface area contributed by atoms with Crippen molar-refractivity contribution in [3.05, 3.63) is 35.4 Å². The minimum atomic E-state index is -0.715. The van der Waals surface area contributed by atoms with E-state index in [2.05, 4.69) is 50.4 Å². The zero-order valence-corrected chi connectivity index (χ0v) is 12.3. The van der Waals surface area contributed by atoms with Gasteiger partial charge in [-0.1, -0.05) is 38.1 Å². The lowest BCUT2D eigenvalue weighted by Crippen LogP contribution is -2.48. The van der Waals surface area contributed by atoms with Crippen LogP contribution in [-0.2, 0) is 17.2 Å². The molecule has 0 spiro atoms. The molecule has 3 heteroatoms. The zero-order chi connectivity index (χ0) is 13.1. The fraction of sp³-hybridized carbons (Fsp3) is 0.600. The molecule has 0 bridgehead atoms. The maximum atomic E-state index is 12.1. The summed E-state index contributed by atoms with van der Waals surface area (Å²) >= 11 is 0. The molecule has 1 aliphatic heterocycles. The van der Waals surface area contributed by atoms with Crippen LogP contribution in [0.5, 0.6) is 0 Å². The van der Waals surface area contributed by atoms with Gasteiger partial charge in [-0.2, -0.15) is 0 Å². The molecular formula is C15H23NOS. The number of hydrogen-bond donors (Lipinski definition) is 1. The average molecular weight is 265 g/mol. The number of rotatable bonds is 3. The van der Waals surface area contributed by atoms with Crippen LogP contribution < -0.4 is 5.32 Å². The Hall–Kier alpha value is -0.670. The van der Waals surface area contributed by atoms with Gasteiger partial charge in [0, 0.05) is 28.6 Å².